The van der Waals surface area contributed by atoms with Gasteiger partial charge in [-0.1, -0.05) is 11.3 Å². The SMILES string of the molecule is CCOC(=O)c1sc2[nH+]c(N)c(C#N)cc2c1N. The molecule has 2 aromatic rings. The molecule has 0 amide bonds. The Hall–Kier alpha value is -2.33. The number of hydrogen-bond donors (Lipinski definition) is 2. The largest absolute Gasteiger partial charge is 0.462 e. The van der Waals surface area contributed by atoms with E-state index in [-0.39, 0.29) is 12.4 Å². The topological polar surface area (TPSA) is 116 Å². The van der Waals surface area contributed by atoms with Crippen LogP contribution in [0.25, 0.3) is 10.2 Å². The maximum absolute atomic E-state index is 11.7. The van der Waals surface area contributed by atoms with Gasteiger partial charge in [0.05, 0.1) is 17.7 Å². The number of nitriles is 1. The summed E-state index contributed by atoms with van der Waals surface area (Å²) in [4.78, 5) is 15.5. The Morgan fingerprint density at radius 3 is 2.94 bits per heavy atom. The van der Waals surface area contributed by atoms with Gasteiger partial charge in [0, 0.05) is 0 Å². The van der Waals surface area contributed by atoms with Crippen molar-refractivity contribution < 1.29 is 14.5 Å². The fourth-order valence-corrected chi connectivity index (χ4v) is 2.55. The van der Waals surface area contributed by atoms with Crippen molar-refractivity contribution in [1.82, 2.24) is 0 Å². The molecule has 2 aromatic heterocycles. The first kappa shape index (κ1) is 12.1. The number of nitrogens with zero attached hydrogens (tertiary/aromatic N) is 1. The van der Waals surface area contributed by atoms with Gasteiger partial charge in [0.1, 0.15) is 16.5 Å². The summed E-state index contributed by atoms with van der Waals surface area (Å²) < 4.78 is 4.91. The highest BCUT2D eigenvalue weighted by atomic mass is 32.1. The molecule has 0 radical (unpaired) electrons. The Bertz CT molecular complexity index is 672. The number of fused-ring (bicyclic) bond motifs is 1. The van der Waals surface area contributed by atoms with Crippen LogP contribution in [-0.4, -0.2) is 12.6 Å². The second-order valence-corrected chi connectivity index (χ2v) is 4.54. The van der Waals surface area contributed by atoms with Crippen LogP contribution in [0.3, 0.4) is 0 Å². The lowest BCUT2D eigenvalue weighted by Gasteiger charge is -1.98. The molecule has 2 rings (SSSR count). The lowest BCUT2D eigenvalue weighted by Crippen LogP contribution is -2.11. The fourth-order valence-electron chi connectivity index (χ4n) is 1.55. The van der Waals surface area contributed by atoms with Crippen LogP contribution in [0.5, 0.6) is 0 Å². The van der Waals surface area contributed by atoms with Crippen molar-refractivity contribution in [2.24, 2.45) is 0 Å². The van der Waals surface area contributed by atoms with Crippen LogP contribution < -0.4 is 16.5 Å². The minimum Gasteiger partial charge on any atom is -0.462 e. The number of nitrogens with one attached hydrogen (secondary N) is 1. The van der Waals surface area contributed by atoms with Crippen LogP contribution in [0.4, 0.5) is 11.5 Å². The Balaban J connectivity index is 2.64. The van der Waals surface area contributed by atoms with Crippen LogP contribution in [0, 0.1) is 11.3 Å². The predicted molar refractivity (Wildman–Crippen MR) is 67.9 cm³/mol. The standard InChI is InChI=1S/C11H10N4O2S/c1-2-17-11(16)8-7(13)6-3-5(4-12)9(14)15-10(6)18-8/h3H,2,13H2,1H3,(H2,14,15)/p+1. The summed E-state index contributed by atoms with van der Waals surface area (Å²) in [5, 5.41) is 9.50. The minimum absolute atomic E-state index is 0.252. The summed E-state index contributed by atoms with van der Waals surface area (Å²) in [5.74, 6) is -0.219. The first-order valence-corrected chi connectivity index (χ1v) is 6.01. The number of anilines is 2. The van der Waals surface area contributed by atoms with Crippen molar-refractivity contribution in [3.8, 4) is 6.07 Å². The average molecular weight is 263 g/mol. The number of nitrogen functional groups attached to an aromatic ring is 2. The third-order valence-corrected chi connectivity index (χ3v) is 3.51. The molecule has 0 saturated heterocycles. The summed E-state index contributed by atoms with van der Waals surface area (Å²) in [6.45, 7) is 2.00. The fraction of sp³-hybridized carbons (Fsp3) is 0.182. The Morgan fingerprint density at radius 2 is 2.33 bits per heavy atom. The predicted octanol–water partition coefficient (Wildman–Crippen LogP) is 0.928. The third-order valence-electron chi connectivity index (χ3n) is 2.39. The van der Waals surface area contributed by atoms with E-state index in [0.717, 1.165) is 11.3 Å². The van der Waals surface area contributed by atoms with Crippen molar-refractivity contribution in [1.29, 1.82) is 5.26 Å². The average Bonchev–Trinajstić information content (AvgIpc) is 2.65. The van der Waals surface area contributed by atoms with Gasteiger partial charge >= 0.3 is 5.97 Å². The van der Waals surface area contributed by atoms with Crippen LogP contribution in [0.15, 0.2) is 6.07 Å². The van der Waals surface area contributed by atoms with Gasteiger partial charge < -0.3 is 10.5 Å². The molecule has 0 bridgehead atoms. The monoisotopic (exact) mass is 263 g/mol. The summed E-state index contributed by atoms with van der Waals surface area (Å²) >= 11 is 1.16. The molecule has 0 spiro atoms. The number of H-pyrrole nitrogens is 1. The summed E-state index contributed by atoms with van der Waals surface area (Å²) in [6.07, 6.45) is 0. The highest BCUT2D eigenvalue weighted by Gasteiger charge is 2.21. The van der Waals surface area contributed by atoms with Crippen LogP contribution in [0.2, 0.25) is 0 Å². The number of aromatic amines is 1. The third kappa shape index (κ3) is 1.83. The Kier molecular flexibility index (Phi) is 3.04. The molecule has 0 aromatic carbocycles. The number of pyridine rings is 1. The van der Waals surface area contributed by atoms with Gasteiger partial charge in [-0.2, -0.15) is 5.26 Å². The first-order valence-electron chi connectivity index (χ1n) is 5.19. The van der Waals surface area contributed by atoms with Gasteiger partial charge in [0.2, 0.25) is 0 Å². The Morgan fingerprint density at radius 1 is 1.61 bits per heavy atom. The lowest BCUT2D eigenvalue weighted by molar-refractivity contribution is -0.323. The zero-order chi connectivity index (χ0) is 13.3. The van der Waals surface area contributed by atoms with E-state index >= 15 is 0 Å². The molecule has 0 saturated carbocycles. The number of hydrogen-bond acceptors (Lipinski definition) is 6. The molecule has 0 aliphatic rings. The lowest BCUT2D eigenvalue weighted by atomic mass is 10.2. The molecule has 7 heteroatoms. The van der Waals surface area contributed by atoms with E-state index in [0.29, 0.717) is 26.3 Å². The second-order valence-electron chi connectivity index (χ2n) is 3.52. The van der Waals surface area contributed by atoms with E-state index < -0.39 is 5.97 Å². The Labute approximate surface area is 107 Å². The molecule has 0 atom stereocenters. The van der Waals surface area contributed by atoms with Crippen molar-refractivity contribution in [3.63, 3.8) is 0 Å². The number of carbonyl (C=O) groups excluding carboxylic acids is 1. The molecule has 18 heavy (non-hydrogen) atoms. The number of ether oxygens (including phenoxy) is 1. The molecule has 0 aliphatic carbocycles. The van der Waals surface area contributed by atoms with E-state index in [1.54, 1.807) is 13.0 Å². The maximum atomic E-state index is 11.7. The molecule has 0 aliphatic heterocycles. The van der Waals surface area contributed by atoms with Gasteiger partial charge in [-0.15, -0.1) is 0 Å². The molecular weight excluding hydrogens is 252 g/mol. The molecule has 5 N–H and O–H groups in total. The van der Waals surface area contributed by atoms with Crippen molar-refractivity contribution in [2.45, 2.75) is 6.92 Å². The van der Waals surface area contributed by atoms with E-state index in [1.807, 2.05) is 6.07 Å². The van der Waals surface area contributed by atoms with E-state index in [9.17, 15) is 4.79 Å². The highest BCUT2D eigenvalue weighted by molar-refractivity contribution is 7.20. The van der Waals surface area contributed by atoms with Gasteiger partial charge in [-0.05, 0) is 13.0 Å². The number of rotatable bonds is 2. The summed E-state index contributed by atoms with van der Waals surface area (Å²) in [6, 6.07) is 3.52. The van der Waals surface area contributed by atoms with Crippen molar-refractivity contribution in [3.05, 3.63) is 16.5 Å². The van der Waals surface area contributed by atoms with Gasteiger partial charge in [-0.3, -0.25) is 5.73 Å². The first-order chi connectivity index (χ1) is 8.58. The van der Waals surface area contributed by atoms with E-state index in [1.165, 1.54) is 0 Å². The molecule has 0 fully saturated rings. The number of thiophene rings is 1. The molecule has 92 valence electrons. The highest BCUT2D eigenvalue weighted by Crippen LogP contribution is 2.32. The zero-order valence-corrected chi connectivity index (χ0v) is 10.4. The zero-order valence-electron chi connectivity index (χ0n) is 9.61. The van der Waals surface area contributed by atoms with E-state index in [2.05, 4.69) is 4.98 Å². The molecular formula is C11H11N4O2S+. The molecule has 6 nitrogen and oxygen atoms in total. The molecule has 2 heterocycles. The number of nitrogens with two attached hydrogens (primary N) is 2. The number of carbonyl (C=O) groups is 1. The number of aromatic nitrogens is 1. The van der Waals surface area contributed by atoms with Gasteiger partial charge in [0.25, 0.3) is 5.82 Å². The van der Waals surface area contributed by atoms with Crippen molar-refractivity contribution in [2.75, 3.05) is 18.1 Å². The van der Waals surface area contributed by atoms with Gasteiger partial charge in [-0.25, -0.2) is 9.78 Å². The maximum Gasteiger partial charge on any atom is 0.350 e. The van der Waals surface area contributed by atoms with Crippen LogP contribution in [0.1, 0.15) is 22.2 Å². The number of esters is 1. The van der Waals surface area contributed by atoms with Crippen LogP contribution in [-0.2, 0) is 4.74 Å². The normalized spacial score (nSPS) is 10.2. The quantitative estimate of drug-likeness (QED) is 0.782. The van der Waals surface area contributed by atoms with Crippen molar-refractivity contribution >= 4 is 39.0 Å². The smallest absolute Gasteiger partial charge is 0.350 e. The van der Waals surface area contributed by atoms with Gasteiger partial charge in [0.15, 0.2) is 4.83 Å². The van der Waals surface area contributed by atoms with Crippen LogP contribution >= 0.6 is 11.3 Å². The minimum atomic E-state index is -0.471. The summed E-state index contributed by atoms with van der Waals surface area (Å²) in [7, 11) is 0. The second kappa shape index (κ2) is 4.50. The summed E-state index contributed by atoms with van der Waals surface area (Å²) in [5.41, 5.74) is 12.1. The van der Waals surface area contributed by atoms with E-state index in [4.69, 9.17) is 21.5 Å². The molecule has 0 unspecified atom stereocenters.